The van der Waals surface area contributed by atoms with Gasteiger partial charge in [-0.3, -0.25) is 0 Å². The average molecular weight is 252 g/mol. The second-order valence-corrected chi connectivity index (χ2v) is 5.20. The molecule has 0 saturated carbocycles. The van der Waals surface area contributed by atoms with Crippen LogP contribution in [0.25, 0.3) is 0 Å². The van der Waals surface area contributed by atoms with Gasteiger partial charge in [-0.15, -0.1) is 0 Å². The molecule has 1 aromatic carbocycles. The van der Waals surface area contributed by atoms with Crippen LogP contribution < -0.4 is 10.2 Å². The van der Waals surface area contributed by atoms with Crippen LogP contribution in [0.3, 0.4) is 0 Å². The molecular weight excluding hydrogens is 227 g/mol. The second kappa shape index (κ2) is 7.37. The summed E-state index contributed by atoms with van der Waals surface area (Å²) in [5.74, 6) is 0.513. The number of hydrogen-bond acceptors (Lipinski definition) is 2. The zero-order chi connectivity index (χ0) is 13.5. The zero-order valence-corrected chi connectivity index (χ0v) is 12.0. The highest BCUT2D eigenvalue weighted by Gasteiger charge is 2.06. The summed E-state index contributed by atoms with van der Waals surface area (Å²) in [5, 5.41) is 3.22. The Morgan fingerprint density at radius 2 is 2.00 bits per heavy atom. The highest BCUT2D eigenvalue weighted by Crippen LogP contribution is 2.18. The summed E-state index contributed by atoms with van der Waals surface area (Å²) in [4.78, 5) is 2.12. The molecule has 0 radical (unpaired) electrons. The minimum absolute atomic E-state index is 0.156. The van der Waals surface area contributed by atoms with Crippen molar-refractivity contribution < 1.29 is 4.39 Å². The van der Waals surface area contributed by atoms with Crippen molar-refractivity contribution in [1.29, 1.82) is 0 Å². The highest BCUT2D eigenvalue weighted by atomic mass is 19.1. The van der Waals surface area contributed by atoms with Gasteiger partial charge in [-0.2, -0.15) is 0 Å². The Balaban J connectivity index is 2.71. The molecule has 0 fully saturated rings. The molecule has 0 spiro atoms. The van der Waals surface area contributed by atoms with Gasteiger partial charge < -0.3 is 10.2 Å². The van der Waals surface area contributed by atoms with Crippen molar-refractivity contribution >= 4 is 5.69 Å². The van der Waals surface area contributed by atoms with Gasteiger partial charge in [0.1, 0.15) is 5.82 Å². The van der Waals surface area contributed by atoms with Gasteiger partial charge >= 0.3 is 0 Å². The molecule has 0 aliphatic carbocycles. The lowest BCUT2D eigenvalue weighted by atomic mass is 10.1. The summed E-state index contributed by atoms with van der Waals surface area (Å²) in [7, 11) is 2.02. The van der Waals surface area contributed by atoms with Crippen LogP contribution in [0.2, 0.25) is 0 Å². The molecule has 0 amide bonds. The van der Waals surface area contributed by atoms with Crippen molar-refractivity contribution in [2.24, 2.45) is 5.92 Å². The van der Waals surface area contributed by atoms with Gasteiger partial charge in [-0.25, -0.2) is 4.39 Å². The van der Waals surface area contributed by atoms with Gasteiger partial charge in [0.25, 0.3) is 0 Å². The minimum atomic E-state index is -0.156. The van der Waals surface area contributed by atoms with E-state index in [4.69, 9.17) is 0 Å². The minimum Gasteiger partial charge on any atom is -0.374 e. The van der Waals surface area contributed by atoms with E-state index in [1.807, 2.05) is 7.05 Å². The molecular formula is C15H25FN2. The van der Waals surface area contributed by atoms with Crippen molar-refractivity contribution in [2.45, 2.75) is 33.7 Å². The molecule has 3 heteroatoms. The standard InChI is InChI=1S/C15H25FN2/c1-5-17-11-13-8-14(16)10-15(9-13)18(4)7-6-12(2)3/h8-10,12,17H,5-7,11H2,1-4H3. The maximum Gasteiger partial charge on any atom is 0.125 e. The normalized spacial score (nSPS) is 11.0. The maximum atomic E-state index is 13.6. The van der Waals surface area contributed by atoms with E-state index in [9.17, 15) is 4.39 Å². The molecule has 0 aliphatic rings. The average Bonchev–Trinajstić information content (AvgIpc) is 2.32. The molecule has 0 bridgehead atoms. The molecule has 0 aromatic heterocycles. The first-order valence-electron chi connectivity index (χ1n) is 6.74. The van der Waals surface area contributed by atoms with Crippen LogP contribution in [0.1, 0.15) is 32.8 Å². The molecule has 1 aromatic rings. The van der Waals surface area contributed by atoms with Gasteiger partial charge in [0.15, 0.2) is 0 Å². The maximum absolute atomic E-state index is 13.6. The molecule has 18 heavy (non-hydrogen) atoms. The quantitative estimate of drug-likeness (QED) is 0.800. The van der Waals surface area contributed by atoms with Gasteiger partial charge in [0, 0.05) is 25.8 Å². The van der Waals surface area contributed by atoms with E-state index in [1.54, 1.807) is 12.1 Å². The summed E-state index contributed by atoms with van der Waals surface area (Å²) in [5.41, 5.74) is 1.96. The number of nitrogens with one attached hydrogen (secondary N) is 1. The lowest BCUT2D eigenvalue weighted by molar-refractivity contribution is 0.583. The third-order valence-electron chi connectivity index (χ3n) is 3.00. The van der Waals surface area contributed by atoms with E-state index in [2.05, 4.69) is 37.1 Å². The van der Waals surface area contributed by atoms with Gasteiger partial charge in [0.05, 0.1) is 0 Å². The Hall–Kier alpha value is -1.09. The van der Waals surface area contributed by atoms with E-state index >= 15 is 0 Å². The van der Waals surface area contributed by atoms with E-state index < -0.39 is 0 Å². The number of anilines is 1. The first kappa shape index (κ1) is 15.0. The van der Waals surface area contributed by atoms with Gasteiger partial charge in [-0.05, 0) is 42.6 Å². The Bertz CT molecular complexity index is 364. The van der Waals surface area contributed by atoms with E-state index in [-0.39, 0.29) is 5.82 Å². The molecule has 2 nitrogen and oxygen atoms in total. The first-order chi connectivity index (χ1) is 8.52. The fraction of sp³-hybridized carbons (Fsp3) is 0.600. The summed E-state index contributed by atoms with van der Waals surface area (Å²) in [6.07, 6.45) is 1.12. The fourth-order valence-electron chi connectivity index (χ4n) is 1.81. The predicted octanol–water partition coefficient (Wildman–Crippen LogP) is 3.42. The Kier molecular flexibility index (Phi) is 6.13. The number of nitrogens with zero attached hydrogens (tertiary/aromatic N) is 1. The SMILES string of the molecule is CCNCc1cc(F)cc(N(C)CCC(C)C)c1. The largest absolute Gasteiger partial charge is 0.374 e. The first-order valence-corrected chi connectivity index (χ1v) is 6.74. The number of halogens is 1. The van der Waals surface area contributed by atoms with Crippen LogP contribution in [0.4, 0.5) is 10.1 Å². The monoisotopic (exact) mass is 252 g/mol. The molecule has 1 rings (SSSR count). The molecule has 0 saturated heterocycles. The zero-order valence-electron chi connectivity index (χ0n) is 12.0. The summed E-state index contributed by atoms with van der Waals surface area (Å²) >= 11 is 0. The third kappa shape index (κ3) is 5.05. The molecule has 0 heterocycles. The van der Waals surface area contributed by atoms with E-state index in [0.29, 0.717) is 5.92 Å². The van der Waals surface area contributed by atoms with Crippen molar-refractivity contribution in [3.63, 3.8) is 0 Å². The summed E-state index contributed by atoms with van der Waals surface area (Å²) < 4.78 is 13.6. The fourth-order valence-corrected chi connectivity index (χ4v) is 1.81. The highest BCUT2D eigenvalue weighted by molar-refractivity contribution is 5.48. The molecule has 1 N–H and O–H groups in total. The number of rotatable bonds is 7. The van der Waals surface area contributed by atoms with Crippen molar-refractivity contribution in [3.8, 4) is 0 Å². The predicted molar refractivity (Wildman–Crippen MR) is 76.5 cm³/mol. The topological polar surface area (TPSA) is 15.3 Å². The Labute approximate surface area is 110 Å². The lowest BCUT2D eigenvalue weighted by Crippen LogP contribution is -2.20. The van der Waals surface area contributed by atoms with E-state index in [0.717, 1.165) is 37.3 Å². The third-order valence-corrected chi connectivity index (χ3v) is 3.00. The van der Waals surface area contributed by atoms with Gasteiger partial charge in [0.2, 0.25) is 0 Å². The molecule has 102 valence electrons. The van der Waals surface area contributed by atoms with Crippen molar-refractivity contribution in [3.05, 3.63) is 29.6 Å². The number of hydrogen-bond donors (Lipinski definition) is 1. The van der Waals surface area contributed by atoms with Gasteiger partial charge in [-0.1, -0.05) is 20.8 Å². The van der Waals surface area contributed by atoms with Crippen LogP contribution in [0.15, 0.2) is 18.2 Å². The lowest BCUT2D eigenvalue weighted by Gasteiger charge is -2.21. The Morgan fingerprint density at radius 3 is 2.61 bits per heavy atom. The Morgan fingerprint density at radius 1 is 1.28 bits per heavy atom. The second-order valence-electron chi connectivity index (χ2n) is 5.20. The van der Waals surface area contributed by atoms with E-state index in [1.165, 1.54) is 0 Å². The van der Waals surface area contributed by atoms with Crippen LogP contribution in [-0.4, -0.2) is 20.1 Å². The summed E-state index contributed by atoms with van der Waals surface area (Å²) in [6, 6.07) is 5.27. The number of benzene rings is 1. The van der Waals surface area contributed by atoms with Crippen molar-refractivity contribution in [1.82, 2.24) is 5.32 Å². The van der Waals surface area contributed by atoms with Crippen LogP contribution in [0, 0.1) is 11.7 Å². The van der Waals surface area contributed by atoms with Crippen LogP contribution in [0.5, 0.6) is 0 Å². The van der Waals surface area contributed by atoms with Crippen LogP contribution >= 0.6 is 0 Å². The van der Waals surface area contributed by atoms with Crippen LogP contribution in [-0.2, 0) is 6.54 Å². The molecule has 0 aliphatic heterocycles. The van der Waals surface area contributed by atoms with Crippen molar-refractivity contribution in [2.75, 3.05) is 25.0 Å². The molecule has 0 unspecified atom stereocenters. The summed E-state index contributed by atoms with van der Waals surface area (Å²) in [6.45, 7) is 9.04. The molecule has 0 atom stereocenters. The smallest absolute Gasteiger partial charge is 0.125 e.